The molecule has 0 amide bonds. The maximum absolute atomic E-state index is 13.4. The highest BCUT2D eigenvalue weighted by Gasteiger charge is 2.32. The van der Waals surface area contributed by atoms with Crippen molar-refractivity contribution < 1.29 is 8.42 Å². The molecule has 8 aromatic rings. The quantitative estimate of drug-likeness (QED) is 0.100. The number of nitrogens with two attached hydrogens (primary N) is 2. The van der Waals surface area contributed by atoms with Crippen molar-refractivity contribution >= 4 is 98.8 Å². The Labute approximate surface area is 349 Å². The molecule has 0 aromatic carbocycles. The third kappa shape index (κ3) is 7.15. The molecule has 8 aromatic heterocycles. The summed E-state index contributed by atoms with van der Waals surface area (Å²) < 4.78 is 32.1. The van der Waals surface area contributed by atoms with Gasteiger partial charge in [-0.2, -0.15) is 5.10 Å². The van der Waals surface area contributed by atoms with E-state index in [1.165, 1.54) is 40.3 Å². The molecule has 1 aliphatic rings. The average molecular weight is 874 g/mol. The first-order valence-corrected chi connectivity index (χ1v) is 24.7. The number of pyridine rings is 2. The highest BCUT2D eigenvalue weighted by atomic mass is 32.2. The van der Waals surface area contributed by atoms with E-state index in [9.17, 15) is 8.42 Å². The van der Waals surface area contributed by atoms with E-state index in [2.05, 4.69) is 39.5 Å². The number of imidazole rings is 1. The number of thiazole rings is 2. The Bertz CT molecular complexity index is 2810. The number of aryl methyl sites for hydroxylation is 1. The van der Waals surface area contributed by atoms with Crippen LogP contribution in [0.1, 0.15) is 69.1 Å². The minimum atomic E-state index is -1.23. The summed E-state index contributed by atoms with van der Waals surface area (Å²) in [5.74, 6) is 2.69. The van der Waals surface area contributed by atoms with E-state index in [-0.39, 0.29) is 0 Å². The summed E-state index contributed by atoms with van der Waals surface area (Å²) in [5, 5.41) is 9.38. The first-order valence-electron chi connectivity index (χ1n) is 18.7. The Hall–Kier alpha value is -4.27. The van der Waals surface area contributed by atoms with Crippen molar-refractivity contribution in [3.8, 4) is 44.0 Å². The smallest absolute Gasteiger partial charge is 0.158 e. The second-order valence-electron chi connectivity index (χ2n) is 13.9. The number of nitrogens with zero attached hydrogens (tertiary/aromatic N) is 9. The van der Waals surface area contributed by atoms with Gasteiger partial charge in [0.15, 0.2) is 5.82 Å². The van der Waals surface area contributed by atoms with Crippen LogP contribution >= 0.6 is 45.3 Å². The summed E-state index contributed by atoms with van der Waals surface area (Å²) in [7, 11) is -0.606. The van der Waals surface area contributed by atoms with E-state index in [1.54, 1.807) is 22.2 Å². The number of hydrogen-bond acceptors (Lipinski definition) is 15. The van der Waals surface area contributed by atoms with Crippen molar-refractivity contribution in [2.75, 3.05) is 23.0 Å². The van der Waals surface area contributed by atoms with Gasteiger partial charge in [0.2, 0.25) is 0 Å². The minimum absolute atomic E-state index is 0.300. The lowest BCUT2D eigenvalue weighted by Crippen LogP contribution is -2.04. The molecule has 8 heterocycles. The number of thiophene rings is 2. The Morgan fingerprint density at radius 3 is 2.05 bits per heavy atom. The normalized spacial score (nSPS) is 14.3. The van der Waals surface area contributed by atoms with Crippen LogP contribution in [0.4, 0.5) is 11.4 Å². The van der Waals surface area contributed by atoms with Gasteiger partial charge in [0.05, 0.1) is 44.9 Å². The molecule has 4 N–H and O–H groups in total. The molecule has 19 heteroatoms. The van der Waals surface area contributed by atoms with Gasteiger partial charge in [0.25, 0.3) is 0 Å². The van der Waals surface area contributed by atoms with Gasteiger partial charge in [0, 0.05) is 75.6 Å². The van der Waals surface area contributed by atoms with Gasteiger partial charge >= 0.3 is 0 Å². The number of hydrogen-bond donors (Lipinski definition) is 2. The van der Waals surface area contributed by atoms with Crippen LogP contribution in [-0.2, 0) is 35.1 Å². The molecule has 1 fully saturated rings. The molecule has 1 saturated carbocycles. The fourth-order valence-corrected chi connectivity index (χ4v) is 14.0. The molecule has 0 radical (unpaired) electrons. The topological polar surface area (TPSA) is 186 Å². The van der Waals surface area contributed by atoms with E-state index in [4.69, 9.17) is 31.4 Å². The number of rotatable bonds is 15. The molecule has 2 atom stereocenters. The first-order chi connectivity index (χ1) is 27.7. The van der Waals surface area contributed by atoms with Crippen LogP contribution in [0.2, 0.25) is 0 Å². The molecule has 0 saturated heterocycles. The lowest BCUT2D eigenvalue weighted by Gasteiger charge is -2.13. The lowest BCUT2D eigenvalue weighted by molar-refractivity contribution is 0.680. The fraction of sp³-hybridized carbons (Fsp3) is 0.342. The number of fused-ring (bicyclic) bond motifs is 2. The summed E-state index contributed by atoms with van der Waals surface area (Å²) in [6.07, 6.45) is 13.4. The van der Waals surface area contributed by atoms with E-state index in [1.807, 2.05) is 30.9 Å². The summed E-state index contributed by atoms with van der Waals surface area (Å²) in [5.41, 5.74) is 18.7. The summed E-state index contributed by atoms with van der Waals surface area (Å²) in [4.78, 5) is 31.5. The van der Waals surface area contributed by atoms with Gasteiger partial charge in [-0.05, 0) is 37.8 Å². The predicted octanol–water partition coefficient (Wildman–Crippen LogP) is 8.72. The van der Waals surface area contributed by atoms with E-state index in [0.717, 1.165) is 97.4 Å². The summed E-state index contributed by atoms with van der Waals surface area (Å²) in [6, 6.07) is 4.32. The number of nitrogen functional groups attached to an aromatic ring is 2. The molecule has 0 spiro atoms. The molecule has 9 rings (SSSR count). The van der Waals surface area contributed by atoms with Crippen molar-refractivity contribution in [1.29, 1.82) is 0 Å². The standard InChI is InChI=1S/C38H39N11O2S6/c1-4-6-12-56(50)37-30(39)28-22(15-24(46-35(28)54-37)33-41-10-11-52-33)26-18-42-27(49(26)20-8-9-20)14-21-17-43-34(53-21)25-16-23(32-44-19-45-48(32)3)29-31(40)38(55-36(29)47-25)57(51)13-7-5-2/h10-11,15-20H,4-9,12-14,39-40H2,1-3H3. The fourth-order valence-electron chi connectivity index (χ4n) is 6.90. The van der Waals surface area contributed by atoms with Gasteiger partial charge in [-0.25, -0.2) is 34.6 Å². The van der Waals surface area contributed by atoms with Crippen LogP contribution in [-0.4, -0.2) is 64.2 Å². The van der Waals surface area contributed by atoms with Crippen molar-refractivity contribution in [1.82, 2.24) is 44.3 Å². The van der Waals surface area contributed by atoms with Crippen molar-refractivity contribution in [3.63, 3.8) is 0 Å². The zero-order valence-corrected chi connectivity index (χ0v) is 36.3. The molecule has 0 aliphatic heterocycles. The monoisotopic (exact) mass is 873 g/mol. The maximum Gasteiger partial charge on any atom is 0.158 e. The highest BCUT2D eigenvalue weighted by Crippen LogP contribution is 2.47. The third-order valence-electron chi connectivity index (χ3n) is 9.88. The van der Waals surface area contributed by atoms with E-state index >= 15 is 0 Å². The maximum atomic E-state index is 13.4. The SMILES string of the molecule is CCCCS(=O)c1sc2nc(-c3ncc(Cc4ncc(-c5cc(-c6nccs6)nc6sc(S(=O)CCCC)c(N)c56)n4C4CC4)s3)cc(-c3ncnn3C)c2c1N. The lowest BCUT2D eigenvalue weighted by atomic mass is 10.1. The molecular formula is C38H39N11O2S6. The zero-order chi connectivity index (χ0) is 39.4. The van der Waals surface area contributed by atoms with Gasteiger partial charge in [-0.3, -0.25) is 8.42 Å². The minimum Gasteiger partial charge on any atom is -0.396 e. The highest BCUT2D eigenvalue weighted by molar-refractivity contribution is 7.88. The van der Waals surface area contributed by atoms with Gasteiger partial charge in [-0.1, -0.05) is 26.7 Å². The van der Waals surface area contributed by atoms with Crippen LogP contribution < -0.4 is 11.5 Å². The second kappa shape index (κ2) is 15.8. The van der Waals surface area contributed by atoms with Crippen LogP contribution in [0.3, 0.4) is 0 Å². The molecule has 13 nitrogen and oxygen atoms in total. The number of aromatic nitrogens is 9. The van der Waals surface area contributed by atoms with Crippen molar-refractivity contribution in [2.24, 2.45) is 7.05 Å². The molecule has 1 aliphatic carbocycles. The van der Waals surface area contributed by atoms with E-state index in [0.29, 0.717) is 60.1 Å². The number of anilines is 2. The summed E-state index contributed by atoms with van der Waals surface area (Å²) in [6.45, 7) is 4.18. The second-order valence-corrected chi connectivity index (χ2v) is 21.4. The Morgan fingerprint density at radius 2 is 1.46 bits per heavy atom. The Balaban J connectivity index is 1.10. The van der Waals surface area contributed by atoms with Crippen LogP contribution in [0.5, 0.6) is 0 Å². The van der Waals surface area contributed by atoms with Crippen LogP contribution in [0.15, 0.2) is 50.8 Å². The van der Waals surface area contributed by atoms with Gasteiger partial charge < -0.3 is 16.0 Å². The Morgan fingerprint density at radius 1 is 0.807 bits per heavy atom. The molecule has 2 unspecified atom stereocenters. The third-order valence-corrected chi connectivity index (χ3v) is 17.7. The van der Waals surface area contributed by atoms with Gasteiger partial charge in [-0.15, -0.1) is 45.3 Å². The predicted molar refractivity (Wildman–Crippen MR) is 235 cm³/mol. The average Bonchev–Trinajstić information content (AvgIpc) is 3.85. The zero-order valence-electron chi connectivity index (χ0n) is 31.4. The largest absolute Gasteiger partial charge is 0.396 e. The molecule has 0 bridgehead atoms. The van der Waals surface area contributed by atoms with Gasteiger partial charge in [0.1, 0.15) is 51.6 Å². The first kappa shape index (κ1) is 38.3. The van der Waals surface area contributed by atoms with Crippen molar-refractivity contribution in [3.05, 3.63) is 53.1 Å². The van der Waals surface area contributed by atoms with Crippen LogP contribution in [0.25, 0.3) is 64.5 Å². The number of unbranched alkanes of at least 4 members (excludes halogenated alkanes) is 2. The summed E-state index contributed by atoms with van der Waals surface area (Å²) >= 11 is 5.90. The van der Waals surface area contributed by atoms with Crippen LogP contribution in [0, 0.1) is 0 Å². The van der Waals surface area contributed by atoms with E-state index < -0.39 is 21.6 Å². The molecule has 294 valence electrons. The molecular weight excluding hydrogens is 835 g/mol. The Kier molecular flexibility index (Phi) is 10.6. The van der Waals surface area contributed by atoms with Crippen molar-refractivity contribution in [2.45, 2.75) is 73.3 Å². The molecule has 57 heavy (non-hydrogen) atoms.